The summed E-state index contributed by atoms with van der Waals surface area (Å²) in [5.74, 6) is -0.405. The number of rotatable bonds is 0. The van der Waals surface area contributed by atoms with E-state index in [2.05, 4.69) is 0 Å². The second-order valence-electron chi connectivity index (χ2n) is 4.14. The molecule has 1 aromatic rings. The van der Waals surface area contributed by atoms with E-state index >= 15 is 0 Å². The van der Waals surface area contributed by atoms with Crippen LogP contribution in [0.15, 0.2) is 60.2 Å². The Morgan fingerprint density at radius 2 is 1.71 bits per heavy atom. The van der Waals surface area contributed by atoms with Crippen molar-refractivity contribution in [1.82, 2.24) is 0 Å². The summed E-state index contributed by atoms with van der Waals surface area (Å²) >= 11 is 0. The van der Waals surface area contributed by atoms with Gasteiger partial charge in [0.05, 0.1) is 5.92 Å². The molecule has 2 aliphatic rings. The third-order valence-corrected chi connectivity index (χ3v) is 3.10. The van der Waals surface area contributed by atoms with Crippen LogP contribution in [0, 0.1) is 5.92 Å². The molecule has 2 aliphatic carbocycles. The number of benzene rings is 1. The van der Waals surface area contributed by atoms with E-state index in [1.165, 1.54) is 0 Å². The molecular formula is C15H10O2. The van der Waals surface area contributed by atoms with Crippen molar-refractivity contribution in [3.63, 3.8) is 0 Å². The van der Waals surface area contributed by atoms with Crippen molar-refractivity contribution in [3.05, 3.63) is 71.3 Å². The Labute approximate surface area is 99.0 Å². The molecule has 3 rings (SSSR count). The smallest absolute Gasteiger partial charge is 0.186 e. The minimum absolute atomic E-state index is 0.00157. The van der Waals surface area contributed by atoms with Gasteiger partial charge in [-0.1, -0.05) is 48.6 Å². The number of allylic oxidation sites excluding steroid dienone is 6. The number of ketones is 2. The van der Waals surface area contributed by atoms with Gasteiger partial charge in [-0.15, -0.1) is 0 Å². The highest BCUT2D eigenvalue weighted by atomic mass is 16.1. The fraction of sp³-hybridized carbons (Fsp3) is 0.0667. The average molecular weight is 222 g/mol. The minimum Gasteiger partial charge on any atom is -0.293 e. The lowest BCUT2D eigenvalue weighted by atomic mass is 9.88. The van der Waals surface area contributed by atoms with Gasteiger partial charge < -0.3 is 0 Å². The van der Waals surface area contributed by atoms with E-state index in [4.69, 9.17) is 0 Å². The molecule has 0 saturated carbocycles. The quantitative estimate of drug-likeness (QED) is 0.676. The molecule has 0 aliphatic heterocycles. The van der Waals surface area contributed by atoms with Crippen LogP contribution in [-0.2, 0) is 0 Å². The van der Waals surface area contributed by atoms with Gasteiger partial charge in [-0.2, -0.15) is 0 Å². The first-order valence-electron chi connectivity index (χ1n) is 5.51. The number of carbonyl (C=O) groups excluding carboxylic acids is 2. The fourth-order valence-electron chi connectivity index (χ4n) is 2.24. The second-order valence-corrected chi connectivity index (χ2v) is 4.14. The zero-order valence-corrected chi connectivity index (χ0v) is 9.09. The molecule has 0 spiro atoms. The lowest BCUT2D eigenvalue weighted by molar-refractivity contribution is 0.0957. The third-order valence-electron chi connectivity index (χ3n) is 3.10. The first-order valence-corrected chi connectivity index (χ1v) is 5.51. The van der Waals surface area contributed by atoms with Crippen molar-refractivity contribution in [2.24, 2.45) is 5.92 Å². The topological polar surface area (TPSA) is 34.1 Å². The van der Waals surface area contributed by atoms with Gasteiger partial charge in [0.2, 0.25) is 0 Å². The summed E-state index contributed by atoms with van der Waals surface area (Å²) in [4.78, 5) is 24.4. The monoisotopic (exact) mass is 222 g/mol. The van der Waals surface area contributed by atoms with Crippen molar-refractivity contribution in [2.75, 3.05) is 0 Å². The molecule has 1 aromatic carbocycles. The molecular weight excluding hydrogens is 212 g/mol. The molecule has 82 valence electrons. The molecule has 2 heteroatoms. The molecule has 17 heavy (non-hydrogen) atoms. The summed E-state index contributed by atoms with van der Waals surface area (Å²) in [6, 6.07) is 7.00. The Kier molecular flexibility index (Phi) is 2.15. The normalized spacial score (nSPS) is 21.6. The van der Waals surface area contributed by atoms with Crippen LogP contribution in [0.2, 0.25) is 0 Å². The minimum atomic E-state index is -0.312. The maximum Gasteiger partial charge on any atom is 0.186 e. The number of fused-ring (bicyclic) bond motifs is 2. The lowest BCUT2D eigenvalue weighted by Gasteiger charge is -2.13. The number of hydrogen-bond donors (Lipinski definition) is 0. The van der Waals surface area contributed by atoms with Crippen LogP contribution in [0.5, 0.6) is 0 Å². The van der Waals surface area contributed by atoms with Gasteiger partial charge in [0, 0.05) is 11.1 Å². The standard InChI is InChI=1S/C15H10O2/c16-14-9-10-5-1-2-6-11(10)15(17)13-8-4-3-7-12(13)14/h1-9,11H. The summed E-state index contributed by atoms with van der Waals surface area (Å²) in [5, 5.41) is 0. The van der Waals surface area contributed by atoms with E-state index < -0.39 is 0 Å². The van der Waals surface area contributed by atoms with Crippen molar-refractivity contribution in [3.8, 4) is 0 Å². The molecule has 1 atom stereocenters. The first-order chi connectivity index (χ1) is 8.27. The van der Waals surface area contributed by atoms with E-state index in [1.54, 1.807) is 30.3 Å². The van der Waals surface area contributed by atoms with E-state index in [9.17, 15) is 9.59 Å². The van der Waals surface area contributed by atoms with Crippen LogP contribution < -0.4 is 0 Å². The van der Waals surface area contributed by atoms with Crippen LogP contribution in [-0.4, -0.2) is 11.6 Å². The van der Waals surface area contributed by atoms with Crippen molar-refractivity contribution >= 4 is 11.6 Å². The van der Waals surface area contributed by atoms with E-state index in [0.717, 1.165) is 5.57 Å². The SMILES string of the molecule is O=C1C=C2C=CC=CC2C(=O)c2ccccc21. The average Bonchev–Trinajstić information content (AvgIpc) is 2.48. The molecule has 0 amide bonds. The van der Waals surface area contributed by atoms with E-state index in [0.29, 0.717) is 11.1 Å². The van der Waals surface area contributed by atoms with Crippen LogP contribution in [0.1, 0.15) is 20.7 Å². The van der Waals surface area contributed by atoms with Gasteiger partial charge in [-0.25, -0.2) is 0 Å². The maximum atomic E-state index is 12.3. The highest BCUT2D eigenvalue weighted by Gasteiger charge is 2.28. The molecule has 1 unspecified atom stereocenters. The predicted octanol–water partition coefficient (Wildman–Crippen LogP) is 2.73. The Balaban J connectivity index is 2.24. The van der Waals surface area contributed by atoms with E-state index in [-0.39, 0.29) is 17.5 Å². The highest BCUT2D eigenvalue weighted by Crippen LogP contribution is 2.28. The van der Waals surface area contributed by atoms with Crippen LogP contribution in [0.4, 0.5) is 0 Å². The van der Waals surface area contributed by atoms with Gasteiger partial charge in [0.1, 0.15) is 0 Å². The van der Waals surface area contributed by atoms with Crippen molar-refractivity contribution < 1.29 is 9.59 Å². The molecule has 0 saturated heterocycles. The van der Waals surface area contributed by atoms with Crippen LogP contribution in [0.3, 0.4) is 0 Å². The van der Waals surface area contributed by atoms with Gasteiger partial charge in [0.25, 0.3) is 0 Å². The highest BCUT2D eigenvalue weighted by molar-refractivity contribution is 6.17. The predicted molar refractivity (Wildman–Crippen MR) is 65.0 cm³/mol. The van der Waals surface area contributed by atoms with Crippen LogP contribution >= 0.6 is 0 Å². The van der Waals surface area contributed by atoms with Gasteiger partial charge in [0.15, 0.2) is 11.6 Å². The molecule has 0 N–H and O–H groups in total. The molecule has 0 heterocycles. The molecule has 2 nitrogen and oxygen atoms in total. The van der Waals surface area contributed by atoms with Gasteiger partial charge >= 0.3 is 0 Å². The fourth-order valence-corrected chi connectivity index (χ4v) is 2.24. The number of hydrogen-bond acceptors (Lipinski definition) is 2. The zero-order chi connectivity index (χ0) is 11.8. The first kappa shape index (κ1) is 9.97. The molecule has 0 fully saturated rings. The number of Topliss-reactive ketones (excluding diaryl/α,β-unsaturated/α-hetero) is 1. The molecule has 0 bridgehead atoms. The third kappa shape index (κ3) is 1.49. The molecule has 0 radical (unpaired) electrons. The van der Waals surface area contributed by atoms with Gasteiger partial charge in [-0.05, 0) is 11.6 Å². The summed E-state index contributed by atoms with van der Waals surface area (Å²) < 4.78 is 0. The Morgan fingerprint density at radius 3 is 2.53 bits per heavy atom. The molecule has 0 aromatic heterocycles. The summed E-state index contributed by atoms with van der Waals surface area (Å²) in [7, 11) is 0. The van der Waals surface area contributed by atoms with E-state index in [1.807, 2.05) is 24.3 Å². The maximum absolute atomic E-state index is 12.3. The van der Waals surface area contributed by atoms with Crippen molar-refractivity contribution in [1.29, 1.82) is 0 Å². The lowest BCUT2D eigenvalue weighted by Crippen LogP contribution is -2.15. The number of carbonyl (C=O) groups is 2. The summed E-state index contributed by atoms with van der Waals surface area (Å²) in [6.45, 7) is 0. The largest absolute Gasteiger partial charge is 0.293 e. The summed E-state index contributed by atoms with van der Waals surface area (Å²) in [5.41, 5.74) is 1.80. The second kappa shape index (κ2) is 3.67. The van der Waals surface area contributed by atoms with Crippen LogP contribution in [0.25, 0.3) is 0 Å². The summed E-state index contributed by atoms with van der Waals surface area (Å²) in [6.07, 6.45) is 8.92. The Bertz CT molecular complexity index is 603. The Hall–Kier alpha value is -2.22. The Morgan fingerprint density at radius 1 is 0.941 bits per heavy atom. The zero-order valence-electron chi connectivity index (χ0n) is 9.09. The van der Waals surface area contributed by atoms with Gasteiger partial charge in [-0.3, -0.25) is 9.59 Å². The van der Waals surface area contributed by atoms with Crippen molar-refractivity contribution in [2.45, 2.75) is 0 Å².